The van der Waals surface area contributed by atoms with E-state index in [9.17, 15) is 9.70 Å². The molecule has 0 spiro atoms. The van der Waals surface area contributed by atoms with E-state index in [2.05, 4.69) is 5.29 Å². The van der Waals surface area contributed by atoms with Gasteiger partial charge in [0, 0.05) is 5.56 Å². The number of hydrogen-bond acceptors (Lipinski definition) is 4. The van der Waals surface area contributed by atoms with Crippen LogP contribution in [0.3, 0.4) is 0 Å². The van der Waals surface area contributed by atoms with Gasteiger partial charge in [-0.1, -0.05) is 18.2 Å². The van der Waals surface area contributed by atoms with Crippen LogP contribution in [-0.4, -0.2) is 11.0 Å². The summed E-state index contributed by atoms with van der Waals surface area (Å²) in [6, 6.07) is 8.20. The van der Waals surface area contributed by atoms with E-state index >= 15 is 0 Å². The topological polar surface area (TPSA) is 75.8 Å². The normalized spacial score (nSPS) is 9.08. The van der Waals surface area contributed by atoms with E-state index in [0.29, 0.717) is 5.56 Å². The van der Waals surface area contributed by atoms with Crippen LogP contribution in [0.15, 0.2) is 35.6 Å². The number of hydrazine groups is 1. The lowest BCUT2D eigenvalue weighted by atomic mass is 10.2. The summed E-state index contributed by atoms with van der Waals surface area (Å²) in [5.41, 5.74) is 0.333. The summed E-state index contributed by atoms with van der Waals surface area (Å²) in [5.74, 6) is 4.33. The van der Waals surface area contributed by atoms with E-state index in [0.717, 1.165) is 0 Å². The largest absolute Gasteiger partial charge is 0.291 e. The number of rotatable bonds is 2. The number of nitroso groups, excluding NO2 is 1. The fourth-order valence-electron chi connectivity index (χ4n) is 0.750. The molecule has 0 aliphatic rings. The monoisotopic (exact) mass is 165 g/mol. The van der Waals surface area contributed by atoms with E-state index in [1.54, 1.807) is 30.3 Å². The van der Waals surface area contributed by atoms with Gasteiger partial charge in [0.2, 0.25) is 0 Å². The second-order valence-electron chi connectivity index (χ2n) is 2.10. The Kier molecular flexibility index (Phi) is 2.49. The van der Waals surface area contributed by atoms with Gasteiger partial charge in [0.05, 0.1) is 5.29 Å². The highest BCUT2D eigenvalue weighted by Crippen LogP contribution is 2.00. The molecule has 0 aliphatic carbocycles. The number of nitrogens with zero attached hydrogens (tertiary/aromatic N) is 2. The minimum absolute atomic E-state index is 0.259. The first-order valence-electron chi connectivity index (χ1n) is 3.23. The van der Waals surface area contributed by atoms with Gasteiger partial charge in [-0.15, -0.1) is 10.0 Å². The summed E-state index contributed by atoms with van der Waals surface area (Å²) in [7, 11) is 0. The molecule has 0 atom stereocenters. The number of nitrogens with two attached hydrogens (primary N) is 1. The molecule has 1 amide bonds. The maximum atomic E-state index is 11.1. The van der Waals surface area contributed by atoms with Crippen molar-refractivity contribution in [2.75, 3.05) is 0 Å². The molecule has 0 saturated heterocycles. The van der Waals surface area contributed by atoms with Gasteiger partial charge >= 0.3 is 0 Å². The number of carbonyl (C=O) groups excluding carboxylic acids is 1. The van der Waals surface area contributed by atoms with Crippen molar-refractivity contribution >= 4 is 5.91 Å². The van der Waals surface area contributed by atoms with Crippen molar-refractivity contribution in [2.45, 2.75) is 0 Å². The SMILES string of the molecule is NN(N=O)C(=O)c1ccccc1. The smallest absolute Gasteiger partial charge is 0.266 e. The molecule has 62 valence electrons. The number of amides is 1. The van der Waals surface area contributed by atoms with Crippen molar-refractivity contribution < 1.29 is 4.79 Å². The van der Waals surface area contributed by atoms with Crippen LogP contribution in [0.5, 0.6) is 0 Å². The zero-order valence-electron chi connectivity index (χ0n) is 6.18. The number of hydrogen-bond donors (Lipinski definition) is 1. The zero-order valence-corrected chi connectivity index (χ0v) is 6.18. The summed E-state index contributed by atoms with van der Waals surface area (Å²) in [6.45, 7) is 0. The van der Waals surface area contributed by atoms with Crippen molar-refractivity contribution in [3.8, 4) is 0 Å². The Balaban J connectivity index is 2.85. The summed E-state index contributed by atoms with van der Waals surface area (Å²) in [4.78, 5) is 20.9. The van der Waals surface area contributed by atoms with Crippen molar-refractivity contribution in [3.05, 3.63) is 40.8 Å². The van der Waals surface area contributed by atoms with Crippen LogP contribution < -0.4 is 5.84 Å². The average Bonchev–Trinajstić information content (AvgIpc) is 2.17. The molecule has 2 N–H and O–H groups in total. The summed E-state index contributed by atoms with van der Waals surface area (Å²) >= 11 is 0. The lowest BCUT2D eigenvalue weighted by Crippen LogP contribution is -2.31. The highest BCUT2D eigenvalue weighted by molar-refractivity contribution is 5.93. The van der Waals surface area contributed by atoms with Crippen LogP contribution >= 0.6 is 0 Å². The quantitative estimate of drug-likeness (QED) is 0.303. The van der Waals surface area contributed by atoms with Gasteiger partial charge in [-0.05, 0) is 12.1 Å². The molecule has 0 radical (unpaired) electrons. The van der Waals surface area contributed by atoms with Crippen molar-refractivity contribution in [1.29, 1.82) is 0 Å². The van der Waals surface area contributed by atoms with E-state index in [-0.39, 0.29) is 5.12 Å². The van der Waals surface area contributed by atoms with E-state index in [4.69, 9.17) is 5.84 Å². The molecule has 0 bridgehead atoms. The third kappa shape index (κ3) is 1.64. The predicted octanol–water partition coefficient (Wildman–Crippen LogP) is 0.684. The molecular weight excluding hydrogens is 158 g/mol. The number of carbonyl (C=O) groups is 1. The summed E-state index contributed by atoms with van der Waals surface area (Å²) in [6.07, 6.45) is 0. The Labute approximate surface area is 68.7 Å². The molecule has 1 aromatic carbocycles. The van der Waals surface area contributed by atoms with Gasteiger partial charge in [0.15, 0.2) is 0 Å². The molecule has 0 aliphatic heterocycles. The molecule has 0 fully saturated rings. The van der Waals surface area contributed by atoms with Gasteiger partial charge in [0.1, 0.15) is 0 Å². The fourth-order valence-corrected chi connectivity index (χ4v) is 0.750. The molecule has 1 rings (SSSR count). The van der Waals surface area contributed by atoms with Crippen LogP contribution in [0.4, 0.5) is 0 Å². The molecule has 0 aromatic heterocycles. The van der Waals surface area contributed by atoms with Gasteiger partial charge in [-0.25, -0.2) is 5.84 Å². The third-order valence-electron chi connectivity index (χ3n) is 1.32. The Morgan fingerprint density at radius 1 is 1.33 bits per heavy atom. The first-order valence-corrected chi connectivity index (χ1v) is 3.23. The molecule has 1 aromatic rings. The van der Waals surface area contributed by atoms with Crippen LogP contribution in [0.2, 0.25) is 0 Å². The van der Waals surface area contributed by atoms with Gasteiger partial charge in [0.25, 0.3) is 5.91 Å². The standard InChI is InChI=1S/C7H7N3O2/c8-10(9-12)7(11)6-4-2-1-3-5-6/h1-5H,8H2. The Bertz CT molecular complexity index is 286. The lowest BCUT2D eigenvalue weighted by molar-refractivity contribution is 0.0757. The second-order valence-corrected chi connectivity index (χ2v) is 2.10. The predicted molar refractivity (Wildman–Crippen MR) is 42.6 cm³/mol. The number of benzene rings is 1. The van der Waals surface area contributed by atoms with E-state index in [1.165, 1.54) is 0 Å². The van der Waals surface area contributed by atoms with Crippen LogP contribution in [-0.2, 0) is 0 Å². The first-order chi connectivity index (χ1) is 5.75. The molecule has 0 unspecified atom stereocenters. The molecule has 5 nitrogen and oxygen atoms in total. The van der Waals surface area contributed by atoms with Gasteiger partial charge in [-0.2, -0.15) is 0 Å². The Morgan fingerprint density at radius 2 is 1.92 bits per heavy atom. The van der Waals surface area contributed by atoms with Gasteiger partial charge in [-0.3, -0.25) is 4.79 Å². The Morgan fingerprint density at radius 3 is 2.42 bits per heavy atom. The fraction of sp³-hybridized carbons (Fsp3) is 0. The lowest BCUT2D eigenvalue weighted by Gasteiger charge is -2.04. The van der Waals surface area contributed by atoms with Crippen molar-refractivity contribution in [3.63, 3.8) is 0 Å². The zero-order chi connectivity index (χ0) is 8.97. The van der Waals surface area contributed by atoms with Crippen molar-refractivity contribution in [1.82, 2.24) is 5.12 Å². The molecule has 5 heteroatoms. The van der Waals surface area contributed by atoms with Gasteiger partial charge < -0.3 is 0 Å². The minimum Gasteiger partial charge on any atom is -0.266 e. The minimum atomic E-state index is -0.620. The third-order valence-corrected chi connectivity index (χ3v) is 1.32. The maximum absolute atomic E-state index is 11.1. The van der Waals surface area contributed by atoms with Crippen LogP contribution in [0, 0.1) is 4.91 Å². The van der Waals surface area contributed by atoms with E-state index < -0.39 is 5.91 Å². The average molecular weight is 165 g/mol. The Hall–Kier alpha value is -1.75. The van der Waals surface area contributed by atoms with Crippen molar-refractivity contribution in [2.24, 2.45) is 11.1 Å². The summed E-state index contributed by atoms with van der Waals surface area (Å²) < 4.78 is 0. The first kappa shape index (κ1) is 8.35. The van der Waals surface area contributed by atoms with E-state index in [1.807, 2.05) is 0 Å². The molecule has 0 heterocycles. The molecular formula is C7H7N3O2. The maximum Gasteiger partial charge on any atom is 0.291 e. The van der Waals surface area contributed by atoms with Crippen LogP contribution in [0.25, 0.3) is 0 Å². The highest BCUT2D eigenvalue weighted by atomic mass is 16.3. The molecule has 0 saturated carbocycles. The molecule has 12 heavy (non-hydrogen) atoms. The second kappa shape index (κ2) is 3.59. The van der Waals surface area contributed by atoms with Crippen LogP contribution in [0.1, 0.15) is 10.4 Å². The highest BCUT2D eigenvalue weighted by Gasteiger charge is 2.10. The summed E-state index contributed by atoms with van der Waals surface area (Å²) in [5, 5.41) is 2.54.